The fraction of sp³-hybridized carbons (Fsp3) is 0.125. The number of aromatic amines is 1. The normalized spacial score (nSPS) is 10.2. The topological polar surface area (TPSA) is 80.5 Å². The number of nitrogens with two attached hydrogens (primary N) is 1. The third-order valence-corrected chi connectivity index (χ3v) is 1.69. The Labute approximate surface area is 75.0 Å². The molecule has 0 fully saturated rings. The summed E-state index contributed by atoms with van der Waals surface area (Å²) in [6.07, 6.45) is 1.73. The fourth-order valence-electron chi connectivity index (χ4n) is 1.01. The van der Waals surface area contributed by atoms with Crippen LogP contribution in [0.25, 0.3) is 11.4 Å². The van der Waals surface area contributed by atoms with Crippen LogP contribution in [0, 0.1) is 6.92 Å². The maximum Gasteiger partial charge on any atom is 0.239 e. The van der Waals surface area contributed by atoms with Crippen molar-refractivity contribution in [1.82, 2.24) is 20.2 Å². The molecule has 0 saturated carbocycles. The number of anilines is 1. The number of rotatable bonds is 1. The van der Waals surface area contributed by atoms with E-state index in [0.717, 1.165) is 11.3 Å². The summed E-state index contributed by atoms with van der Waals surface area (Å²) in [7, 11) is 0. The molecule has 5 nitrogen and oxygen atoms in total. The molecule has 13 heavy (non-hydrogen) atoms. The van der Waals surface area contributed by atoms with Gasteiger partial charge in [-0.2, -0.15) is 4.98 Å². The van der Waals surface area contributed by atoms with E-state index < -0.39 is 0 Å². The number of aromatic nitrogens is 4. The van der Waals surface area contributed by atoms with Gasteiger partial charge in [0.2, 0.25) is 5.95 Å². The second-order valence-corrected chi connectivity index (χ2v) is 2.73. The first kappa shape index (κ1) is 7.72. The molecule has 0 aromatic carbocycles. The van der Waals surface area contributed by atoms with Crippen LogP contribution in [0.2, 0.25) is 0 Å². The average Bonchev–Trinajstić information content (AvgIpc) is 2.53. The van der Waals surface area contributed by atoms with E-state index in [1.54, 1.807) is 6.20 Å². The minimum atomic E-state index is 0.246. The van der Waals surface area contributed by atoms with Crippen LogP contribution in [0.15, 0.2) is 18.3 Å². The van der Waals surface area contributed by atoms with Gasteiger partial charge in [0, 0.05) is 17.5 Å². The molecule has 0 aliphatic heterocycles. The number of nitrogens with one attached hydrogen (secondary N) is 1. The van der Waals surface area contributed by atoms with Gasteiger partial charge in [0.15, 0.2) is 5.82 Å². The summed E-state index contributed by atoms with van der Waals surface area (Å²) >= 11 is 0. The van der Waals surface area contributed by atoms with E-state index in [1.807, 2.05) is 19.1 Å². The van der Waals surface area contributed by atoms with E-state index in [2.05, 4.69) is 20.2 Å². The van der Waals surface area contributed by atoms with Crippen molar-refractivity contribution >= 4 is 5.95 Å². The van der Waals surface area contributed by atoms with Crippen LogP contribution < -0.4 is 5.73 Å². The van der Waals surface area contributed by atoms with E-state index in [1.165, 1.54) is 0 Å². The van der Waals surface area contributed by atoms with E-state index in [4.69, 9.17) is 5.73 Å². The summed E-state index contributed by atoms with van der Waals surface area (Å²) in [6, 6.07) is 3.83. The zero-order chi connectivity index (χ0) is 9.26. The summed E-state index contributed by atoms with van der Waals surface area (Å²) in [5.41, 5.74) is 7.22. The van der Waals surface area contributed by atoms with Crippen molar-refractivity contribution in [3.63, 3.8) is 0 Å². The van der Waals surface area contributed by atoms with Gasteiger partial charge in [-0.1, -0.05) is 0 Å². The van der Waals surface area contributed by atoms with Gasteiger partial charge >= 0.3 is 0 Å². The molecular weight excluding hydrogens is 166 g/mol. The maximum atomic E-state index is 5.37. The van der Waals surface area contributed by atoms with Gasteiger partial charge in [-0.05, 0) is 19.1 Å². The number of hydrogen-bond donors (Lipinski definition) is 2. The summed E-state index contributed by atoms with van der Waals surface area (Å²) in [5.74, 6) is 0.889. The van der Waals surface area contributed by atoms with E-state index in [9.17, 15) is 0 Å². The number of nitrogens with zero attached hydrogens (tertiary/aromatic N) is 3. The van der Waals surface area contributed by atoms with Crippen molar-refractivity contribution in [2.24, 2.45) is 0 Å². The summed E-state index contributed by atoms with van der Waals surface area (Å²) in [6.45, 7) is 1.93. The van der Waals surface area contributed by atoms with Crippen LogP contribution in [0.5, 0.6) is 0 Å². The van der Waals surface area contributed by atoms with Crippen molar-refractivity contribution in [3.8, 4) is 11.4 Å². The van der Waals surface area contributed by atoms with Crippen LogP contribution in [0.4, 0.5) is 5.95 Å². The molecule has 3 N–H and O–H groups in total. The van der Waals surface area contributed by atoms with Crippen LogP contribution in [0.1, 0.15) is 5.69 Å². The molecule has 0 saturated heterocycles. The molecule has 0 atom stereocenters. The van der Waals surface area contributed by atoms with Crippen molar-refractivity contribution < 1.29 is 0 Å². The van der Waals surface area contributed by atoms with Gasteiger partial charge in [0.05, 0.1) is 0 Å². The van der Waals surface area contributed by atoms with Crippen molar-refractivity contribution in [1.29, 1.82) is 0 Å². The molecule has 2 heterocycles. The van der Waals surface area contributed by atoms with Crippen LogP contribution in [-0.4, -0.2) is 20.2 Å². The Kier molecular flexibility index (Phi) is 1.70. The molecule has 0 amide bonds. The van der Waals surface area contributed by atoms with E-state index in [0.29, 0.717) is 5.82 Å². The van der Waals surface area contributed by atoms with Crippen LogP contribution in [-0.2, 0) is 0 Å². The summed E-state index contributed by atoms with van der Waals surface area (Å²) < 4.78 is 0. The van der Waals surface area contributed by atoms with Gasteiger partial charge in [-0.15, -0.1) is 5.10 Å². The molecule has 2 aromatic heterocycles. The monoisotopic (exact) mass is 175 g/mol. The van der Waals surface area contributed by atoms with Crippen LogP contribution >= 0.6 is 0 Å². The first-order chi connectivity index (χ1) is 6.25. The van der Waals surface area contributed by atoms with Crippen molar-refractivity contribution in [2.75, 3.05) is 5.73 Å². The molecule has 5 heteroatoms. The number of H-pyrrole nitrogens is 1. The third kappa shape index (κ3) is 1.48. The average molecular weight is 175 g/mol. The predicted molar refractivity (Wildman–Crippen MR) is 48.8 cm³/mol. The number of nitrogen functional groups attached to an aromatic ring is 1. The Morgan fingerprint density at radius 3 is 2.77 bits per heavy atom. The lowest BCUT2D eigenvalue weighted by Gasteiger charge is -1.94. The number of aryl methyl sites for hydroxylation is 1. The van der Waals surface area contributed by atoms with E-state index >= 15 is 0 Å². The Balaban J connectivity index is 2.41. The van der Waals surface area contributed by atoms with Gasteiger partial charge in [-0.25, -0.2) is 0 Å². The maximum absolute atomic E-state index is 5.37. The largest absolute Gasteiger partial charge is 0.366 e. The first-order valence-corrected chi connectivity index (χ1v) is 3.86. The molecule has 0 bridgehead atoms. The predicted octanol–water partition coefficient (Wildman–Crippen LogP) is 0.757. The third-order valence-electron chi connectivity index (χ3n) is 1.69. The highest BCUT2D eigenvalue weighted by Crippen LogP contribution is 2.13. The zero-order valence-corrected chi connectivity index (χ0v) is 7.15. The molecule has 2 rings (SSSR count). The van der Waals surface area contributed by atoms with Crippen molar-refractivity contribution in [3.05, 3.63) is 24.0 Å². The zero-order valence-electron chi connectivity index (χ0n) is 7.15. The standard InChI is InChI=1S/C8H9N5/c1-5-2-3-6(4-10-5)7-11-8(9)13-12-7/h2-4H,1H3,(H3,9,11,12,13). The summed E-state index contributed by atoms with van der Waals surface area (Å²) in [4.78, 5) is 8.12. The van der Waals surface area contributed by atoms with Crippen LogP contribution in [0.3, 0.4) is 0 Å². The molecule has 0 aliphatic carbocycles. The Bertz CT molecular complexity index is 403. The molecule has 2 aromatic rings. The molecular formula is C8H9N5. The highest BCUT2D eigenvalue weighted by Gasteiger charge is 2.02. The molecule has 66 valence electrons. The van der Waals surface area contributed by atoms with Gasteiger partial charge in [0.1, 0.15) is 0 Å². The lowest BCUT2D eigenvalue weighted by molar-refractivity contribution is 1.10. The minimum absolute atomic E-state index is 0.246. The highest BCUT2D eigenvalue weighted by molar-refractivity contribution is 5.54. The second-order valence-electron chi connectivity index (χ2n) is 2.73. The minimum Gasteiger partial charge on any atom is -0.366 e. The molecule has 0 radical (unpaired) electrons. The summed E-state index contributed by atoms with van der Waals surface area (Å²) in [5, 5.41) is 6.44. The Morgan fingerprint density at radius 1 is 1.38 bits per heavy atom. The Morgan fingerprint density at radius 2 is 2.23 bits per heavy atom. The van der Waals surface area contributed by atoms with E-state index in [-0.39, 0.29) is 5.95 Å². The molecule has 0 spiro atoms. The molecule has 0 aliphatic rings. The first-order valence-electron chi connectivity index (χ1n) is 3.86. The smallest absolute Gasteiger partial charge is 0.239 e. The SMILES string of the molecule is Cc1ccc(-c2nc(N)n[nH]2)cn1. The fourth-order valence-corrected chi connectivity index (χ4v) is 1.01. The second kappa shape index (κ2) is 2.85. The van der Waals surface area contributed by atoms with Crippen molar-refractivity contribution in [2.45, 2.75) is 6.92 Å². The number of pyridine rings is 1. The molecule has 0 unspecified atom stereocenters. The Hall–Kier alpha value is -1.91. The lowest BCUT2D eigenvalue weighted by Crippen LogP contribution is -1.86. The van der Waals surface area contributed by atoms with Gasteiger partial charge in [0.25, 0.3) is 0 Å². The lowest BCUT2D eigenvalue weighted by atomic mass is 10.2. The quantitative estimate of drug-likeness (QED) is 0.670. The highest BCUT2D eigenvalue weighted by atomic mass is 15.3. The number of hydrogen-bond acceptors (Lipinski definition) is 4. The van der Waals surface area contributed by atoms with Gasteiger partial charge < -0.3 is 5.73 Å². The van der Waals surface area contributed by atoms with Gasteiger partial charge in [-0.3, -0.25) is 10.1 Å².